The van der Waals surface area contributed by atoms with E-state index < -0.39 is 40.5 Å². The second-order valence-corrected chi connectivity index (χ2v) is 4.01. The van der Waals surface area contributed by atoms with Crippen LogP contribution in [0.5, 0.6) is 5.75 Å². The Balaban J connectivity index is 2.21. The van der Waals surface area contributed by atoms with Crippen molar-refractivity contribution in [2.75, 3.05) is 5.32 Å². The molecule has 0 unspecified atom stereocenters. The summed E-state index contributed by atoms with van der Waals surface area (Å²) in [4.78, 5) is 0. The Morgan fingerprint density at radius 2 is 1.30 bits per heavy atom. The van der Waals surface area contributed by atoms with Gasteiger partial charge in [0.15, 0.2) is 29.0 Å². The van der Waals surface area contributed by atoms with E-state index in [0.717, 1.165) is 12.1 Å². The summed E-state index contributed by atoms with van der Waals surface area (Å²) in [7, 11) is 0. The third-order valence-corrected chi connectivity index (χ3v) is 2.55. The van der Waals surface area contributed by atoms with E-state index in [1.54, 1.807) is 0 Å². The Morgan fingerprint density at radius 1 is 0.800 bits per heavy atom. The van der Waals surface area contributed by atoms with Crippen molar-refractivity contribution in [3.05, 3.63) is 58.9 Å². The minimum absolute atomic E-state index is 0.0147. The van der Waals surface area contributed by atoms with Crippen LogP contribution < -0.4 is 5.32 Å². The summed E-state index contributed by atoms with van der Waals surface area (Å²) in [6, 6.07) is 2.57. The van der Waals surface area contributed by atoms with Gasteiger partial charge in [-0.2, -0.15) is 0 Å². The topological polar surface area (TPSA) is 32.3 Å². The number of anilines is 1. The zero-order chi connectivity index (χ0) is 14.9. The van der Waals surface area contributed by atoms with Crippen molar-refractivity contribution in [3.63, 3.8) is 0 Å². The van der Waals surface area contributed by atoms with Crippen LogP contribution in [0.15, 0.2) is 24.3 Å². The van der Waals surface area contributed by atoms with Crippen molar-refractivity contribution in [1.82, 2.24) is 0 Å². The molecule has 2 rings (SSSR count). The van der Waals surface area contributed by atoms with Gasteiger partial charge in [0.1, 0.15) is 11.5 Å². The Hall–Kier alpha value is -2.31. The van der Waals surface area contributed by atoms with Crippen molar-refractivity contribution in [2.45, 2.75) is 6.54 Å². The van der Waals surface area contributed by atoms with Gasteiger partial charge < -0.3 is 10.4 Å². The summed E-state index contributed by atoms with van der Waals surface area (Å²) in [5.74, 6) is -6.92. The van der Waals surface area contributed by atoms with E-state index in [0.29, 0.717) is 12.1 Å². The average molecular weight is 289 g/mol. The lowest BCUT2D eigenvalue weighted by Crippen LogP contribution is -2.05. The average Bonchev–Trinajstić information content (AvgIpc) is 2.34. The third kappa shape index (κ3) is 2.81. The van der Waals surface area contributed by atoms with Gasteiger partial charge in [-0.1, -0.05) is 0 Å². The lowest BCUT2D eigenvalue weighted by molar-refractivity contribution is 0.395. The molecule has 0 atom stereocenters. The standard InChI is InChI=1S/C13H8F5NO/c14-7-3-8(15)12(9(16)4-7)19-5-6-1-10(17)13(20)11(18)2-6/h1-4,19-20H,5H2. The van der Waals surface area contributed by atoms with Crippen LogP contribution in [0, 0.1) is 29.1 Å². The molecule has 0 heterocycles. The van der Waals surface area contributed by atoms with E-state index in [-0.39, 0.29) is 12.1 Å². The molecule has 2 aromatic carbocycles. The maximum Gasteiger partial charge on any atom is 0.187 e. The highest BCUT2D eigenvalue weighted by Gasteiger charge is 2.13. The van der Waals surface area contributed by atoms with Crippen LogP contribution in [0.1, 0.15) is 5.56 Å². The molecular formula is C13H8F5NO. The van der Waals surface area contributed by atoms with Crippen LogP contribution in [-0.4, -0.2) is 5.11 Å². The van der Waals surface area contributed by atoms with Crippen molar-refractivity contribution >= 4 is 5.69 Å². The highest BCUT2D eigenvalue weighted by molar-refractivity contribution is 5.47. The van der Waals surface area contributed by atoms with Crippen molar-refractivity contribution < 1.29 is 27.1 Å². The second kappa shape index (κ2) is 5.36. The van der Waals surface area contributed by atoms with E-state index in [1.165, 1.54) is 0 Å². The van der Waals surface area contributed by atoms with Crippen LogP contribution in [-0.2, 0) is 6.54 Å². The van der Waals surface area contributed by atoms with Gasteiger partial charge in [-0.05, 0) is 17.7 Å². The van der Waals surface area contributed by atoms with E-state index in [2.05, 4.69) is 5.32 Å². The van der Waals surface area contributed by atoms with Gasteiger partial charge in [-0.3, -0.25) is 0 Å². The van der Waals surface area contributed by atoms with Crippen LogP contribution in [0.25, 0.3) is 0 Å². The van der Waals surface area contributed by atoms with Crippen molar-refractivity contribution in [2.24, 2.45) is 0 Å². The number of rotatable bonds is 3. The number of phenolic OH excluding ortho intramolecular Hbond substituents is 1. The largest absolute Gasteiger partial charge is 0.503 e. The van der Waals surface area contributed by atoms with Gasteiger partial charge in [0, 0.05) is 18.7 Å². The number of hydrogen-bond acceptors (Lipinski definition) is 2. The number of phenols is 1. The quantitative estimate of drug-likeness (QED) is 0.844. The molecule has 20 heavy (non-hydrogen) atoms. The number of hydrogen-bond donors (Lipinski definition) is 2. The van der Waals surface area contributed by atoms with Gasteiger partial charge in [0.05, 0.1) is 0 Å². The zero-order valence-electron chi connectivity index (χ0n) is 9.85. The molecule has 0 fully saturated rings. The molecule has 0 saturated heterocycles. The monoisotopic (exact) mass is 289 g/mol. The minimum atomic E-state index is -1.19. The molecule has 0 aromatic heterocycles. The molecule has 106 valence electrons. The molecule has 0 aliphatic rings. The maximum absolute atomic E-state index is 13.3. The van der Waals surface area contributed by atoms with E-state index in [4.69, 9.17) is 5.11 Å². The third-order valence-electron chi connectivity index (χ3n) is 2.55. The van der Waals surface area contributed by atoms with E-state index >= 15 is 0 Å². The highest BCUT2D eigenvalue weighted by Crippen LogP contribution is 2.24. The molecule has 2 aromatic rings. The van der Waals surface area contributed by atoms with Gasteiger partial charge >= 0.3 is 0 Å². The number of benzene rings is 2. The normalized spacial score (nSPS) is 10.7. The SMILES string of the molecule is Oc1c(F)cc(CNc2c(F)cc(F)cc2F)cc1F. The minimum Gasteiger partial charge on any atom is -0.503 e. The Morgan fingerprint density at radius 3 is 1.80 bits per heavy atom. The first-order valence-electron chi connectivity index (χ1n) is 5.44. The summed E-state index contributed by atoms with van der Waals surface area (Å²) in [5, 5.41) is 11.2. The molecule has 0 aliphatic carbocycles. The van der Waals surface area contributed by atoms with Gasteiger partial charge in [0.25, 0.3) is 0 Å². The predicted octanol–water partition coefficient (Wildman–Crippen LogP) is 3.70. The fourth-order valence-electron chi connectivity index (χ4n) is 1.62. The molecule has 0 aliphatic heterocycles. The lowest BCUT2D eigenvalue weighted by atomic mass is 10.2. The van der Waals surface area contributed by atoms with Crippen molar-refractivity contribution in [1.29, 1.82) is 0 Å². The Labute approximate surface area is 110 Å². The fraction of sp³-hybridized carbons (Fsp3) is 0.0769. The lowest BCUT2D eigenvalue weighted by Gasteiger charge is -2.10. The first-order chi connectivity index (χ1) is 9.38. The van der Waals surface area contributed by atoms with Gasteiger partial charge in [0.2, 0.25) is 0 Å². The van der Waals surface area contributed by atoms with Gasteiger partial charge in [-0.15, -0.1) is 0 Å². The van der Waals surface area contributed by atoms with Crippen LogP contribution in [0.3, 0.4) is 0 Å². The molecule has 2 nitrogen and oxygen atoms in total. The molecule has 2 N–H and O–H groups in total. The molecule has 7 heteroatoms. The van der Waals surface area contributed by atoms with Crippen LogP contribution in [0.2, 0.25) is 0 Å². The molecular weight excluding hydrogens is 281 g/mol. The molecule has 0 amide bonds. The predicted molar refractivity (Wildman–Crippen MR) is 61.7 cm³/mol. The molecule has 0 radical (unpaired) electrons. The summed E-state index contributed by atoms with van der Waals surface area (Å²) < 4.78 is 65.4. The van der Waals surface area contributed by atoms with E-state index in [1.807, 2.05) is 0 Å². The molecule has 0 spiro atoms. The zero-order valence-corrected chi connectivity index (χ0v) is 9.85. The van der Waals surface area contributed by atoms with Crippen molar-refractivity contribution in [3.8, 4) is 5.75 Å². The smallest absolute Gasteiger partial charge is 0.187 e. The summed E-state index contributed by atoms with van der Waals surface area (Å²) in [6.07, 6.45) is 0. The molecule has 0 saturated carbocycles. The Bertz CT molecular complexity index is 613. The molecule has 0 bridgehead atoms. The summed E-state index contributed by atoms with van der Waals surface area (Å²) >= 11 is 0. The first-order valence-corrected chi connectivity index (χ1v) is 5.44. The van der Waals surface area contributed by atoms with E-state index in [9.17, 15) is 22.0 Å². The second-order valence-electron chi connectivity index (χ2n) is 4.01. The number of nitrogens with one attached hydrogen (secondary N) is 1. The number of aromatic hydroxyl groups is 1. The highest BCUT2D eigenvalue weighted by atomic mass is 19.2. The summed E-state index contributed by atoms with van der Waals surface area (Å²) in [6.45, 7) is -0.312. The maximum atomic E-state index is 13.3. The van der Waals surface area contributed by atoms with Crippen LogP contribution >= 0.6 is 0 Å². The Kier molecular flexibility index (Phi) is 3.78. The number of halogens is 5. The van der Waals surface area contributed by atoms with Crippen LogP contribution in [0.4, 0.5) is 27.6 Å². The van der Waals surface area contributed by atoms with Gasteiger partial charge in [-0.25, -0.2) is 22.0 Å². The summed E-state index contributed by atoms with van der Waals surface area (Å²) in [5.41, 5.74) is -0.596. The first kappa shape index (κ1) is 14.1. The fourth-order valence-corrected chi connectivity index (χ4v) is 1.62.